The van der Waals surface area contributed by atoms with E-state index in [0.29, 0.717) is 13.2 Å². The minimum Gasteiger partial charge on any atom is -0.491 e. The van der Waals surface area contributed by atoms with Gasteiger partial charge in [0.2, 0.25) is 0 Å². The molecule has 2 rings (SSSR count). The molecule has 20 heavy (non-hydrogen) atoms. The van der Waals surface area contributed by atoms with Crippen LogP contribution in [0.4, 0.5) is 0 Å². The maximum atomic E-state index is 5.81. The van der Waals surface area contributed by atoms with Gasteiger partial charge in [-0.15, -0.1) is 11.8 Å². The van der Waals surface area contributed by atoms with Crippen molar-refractivity contribution in [2.24, 2.45) is 0 Å². The van der Waals surface area contributed by atoms with E-state index in [1.165, 1.54) is 10.5 Å². The molecule has 108 valence electrons. The molecule has 2 nitrogen and oxygen atoms in total. The van der Waals surface area contributed by atoms with Crippen molar-refractivity contribution < 1.29 is 9.47 Å². The fourth-order valence-corrected chi connectivity index (χ4v) is 3.50. The van der Waals surface area contributed by atoms with Crippen molar-refractivity contribution >= 4 is 23.1 Å². The molecule has 4 heteroatoms. The van der Waals surface area contributed by atoms with Crippen LogP contribution in [-0.4, -0.2) is 25.1 Å². The van der Waals surface area contributed by atoms with E-state index in [9.17, 15) is 0 Å². The van der Waals surface area contributed by atoms with Gasteiger partial charge >= 0.3 is 0 Å². The Labute approximate surface area is 129 Å². The van der Waals surface area contributed by atoms with Crippen LogP contribution in [0.15, 0.2) is 46.0 Å². The van der Waals surface area contributed by atoms with Gasteiger partial charge in [-0.2, -0.15) is 11.3 Å². The molecule has 0 N–H and O–H groups in total. The lowest BCUT2D eigenvalue weighted by Gasteiger charge is -2.17. The lowest BCUT2D eigenvalue weighted by molar-refractivity contribution is 0.0433. The summed E-state index contributed by atoms with van der Waals surface area (Å²) in [6, 6.07) is 10.3. The first-order valence-electron chi connectivity index (χ1n) is 6.74. The Hall–Kier alpha value is -0.970. The molecule has 0 fully saturated rings. The smallest absolute Gasteiger partial charge is 0.119 e. The van der Waals surface area contributed by atoms with Crippen molar-refractivity contribution in [1.82, 2.24) is 0 Å². The summed E-state index contributed by atoms with van der Waals surface area (Å²) in [7, 11) is 0. The predicted molar refractivity (Wildman–Crippen MR) is 87.1 cm³/mol. The van der Waals surface area contributed by atoms with Gasteiger partial charge in [-0.1, -0.05) is 17.7 Å². The highest BCUT2D eigenvalue weighted by molar-refractivity contribution is 7.99. The Morgan fingerprint density at radius 2 is 2.00 bits per heavy atom. The Morgan fingerprint density at radius 3 is 2.65 bits per heavy atom. The molecule has 0 amide bonds. The molecule has 0 aliphatic carbocycles. The van der Waals surface area contributed by atoms with E-state index < -0.39 is 0 Å². The molecule has 1 aromatic heterocycles. The van der Waals surface area contributed by atoms with Crippen molar-refractivity contribution in [3.8, 4) is 5.75 Å². The fourth-order valence-electron chi connectivity index (χ4n) is 1.73. The first kappa shape index (κ1) is 15.4. The first-order chi connectivity index (χ1) is 9.78. The van der Waals surface area contributed by atoms with Crippen molar-refractivity contribution in [2.45, 2.75) is 24.8 Å². The molecule has 1 heterocycles. The van der Waals surface area contributed by atoms with E-state index in [4.69, 9.17) is 9.47 Å². The van der Waals surface area contributed by atoms with E-state index in [2.05, 4.69) is 35.9 Å². The van der Waals surface area contributed by atoms with Gasteiger partial charge in [0.05, 0.1) is 0 Å². The zero-order chi connectivity index (χ0) is 14.2. The Bertz CT molecular complexity index is 480. The van der Waals surface area contributed by atoms with Crippen LogP contribution in [0, 0.1) is 6.92 Å². The summed E-state index contributed by atoms with van der Waals surface area (Å²) >= 11 is 3.54. The largest absolute Gasteiger partial charge is 0.491 e. The molecule has 0 radical (unpaired) electrons. The molecule has 0 saturated carbocycles. The summed E-state index contributed by atoms with van der Waals surface area (Å²) in [6.45, 7) is 5.40. The summed E-state index contributed by atoms with van der Waals surface area (Å²) in [4.78, 5) is 1.30. The zero-order valence-corrected chi connectivity index (χ0v) is 13.5. The third kappa shape index (κ3) is 5.19. The van der Waals surface area contributed by atoms with Crippen molar-refractivity contribution in [3.05, 3.63) is 46.7 Å². The number of benzene rings is 1. The van der Waals surface area contributed by atoms with Crippen LogP contribution in [-0.2, 0) is 4.74 Å². The van der Waals surface area contributed by atoms with Gasteiger partial charge in [-0.3, -0.25) is 0 Å². The van der Waals surface area contributed by atoms with Gasteiger partial charge < -0.3 is 9.47 Å². The third-order valence-corrected chi connectivity index (χ3v) is 4.75. The number of ether oxygens (including phenoxy) is 2. The van der Waals surface area contributed by atoms with Crippen LogP contribution in [0.1, 0.15) is 12.5 Å². The highest BCUT2D eigenvalue weighted by atomic mass is 32.2. The lowest BCUT2D eigenvalue weighted by Crippen LogP contribution is -2.24. The summed E-state index contributed by atoms with van der Waals surface area (Å²) in [5.74, 6) is 1.82. The van der Waals surface area contributed by atoms with Crippen molar-refractivity contribution in [1.29, 1.82) is 0 Å². The average Bonchev–Trinajstić information content (AvgIpc) is 2.97. The van der Waals surface area contributed by atoms with Crippen LogP contribution in [0.3, 0.4) is 0 Å². The van der Waals surface area contributed by atoms with Gasteiger partial charge in [-0.25, -0.2) is 0 Å². The van der Waals surface area contributed by atoms with Crippen molar-refractivity contribution in [2.75, 3.05) is 19.0 Å². The summed E-state index contributed by atoms with van der Waals surface area (Å²) in [5.41, 5.74) is 1.24. The average molecular weight is 308 g/mol. The number of hydrogen-bond donors (Lipinski definition) is 0. The summed E-state index contributed by atoms with van der Waals surface area (Å²) in [6.07, 6.45) is 0.117. The fraction of sp³-hybridized carbons (Fsp3) is 0.375. The van der Waals surface area contributed by atoms with E-state index in [0.717, 1.165) is 11.5 Å². The molecular formula is C16H20O2S2. The topological polar surface area (TPSA) is 18.5 Å². The van der Waals surface area contributed by atoms with Crippen LogP contribution < -0.4 is 4.74 Å². The normalized spacial score (nSPS) is 12.3. The van der Waals surface area contributed by atoms with Gasteiger partial charge in [-0.05, 0) is 37.4 Å². The molecule has 1 unspecified atom stereocenters. The molecular weight excluding hydrogens is 288 g/mol. The molecule has 1 aromatic carbocycles. The molecule has 2 aromatic rings. The number of thiophene rings is 1. The molecule has 0 bridgehead atoms. The van der Waals surface area contributed by atoms with Crippen LogP contribution in [0.5, 0.6) is 5.75 Å². The molecule has 0 aliphatic rings. The van der Waals surface area contributed by atoms with E-state index in [-0.39, 0.29) is 6.10 Å². The highest BCUT2D eigenvalue weighted by Gasteiger charge is 2.10. The Balaban J connectivity index is 1.80. The van der Waals surface area contributed by atoms with Gasteiger partial charge in [0, 0.05) is 22.6 Å². The summed E-state index contributed by atoms with van der Waals surface area (Å²) in [5, 5.41) is 4.26. The molecule has 0 saturated heterocycles. The molecule has 1 atom stereocenters. The minimum atomic E-state index is 0.117. The monoisotopic (exact) mass is 308 g/mol. The molecule has 0 aliphatic heterocycles. The predicted octanol–water partition coefficient (Wildman–Crippen LogP) is 4.63. The van der Waals surface area contributed by atoms with Gasteiger partial charge in [0.1, 0.15) is 18.5 Å². The lowest BCUT2D eigenvalue weighted by atomic mass is 10.2. The number of hydrogen-bond acceptors (Lipinski definition) is 4. The molecule has 0 spiro atoms. The van der Waals surface area contributed by atoms with E-state index >= 15 is 0 Å². The first-order valence-corrected chi connectivity index (χ1v) is 8.67. The quantitative estimate of drug-likeness (QED) is 0.662. The van der Waals surface area contributed by atoms with Gasteiger partial charge in [0.15, 0.2) is 0 Å². The number of thioether (sulfide) groups is 1. The zero-order valence-electron chi connectivity index (χ0n) is 11.9. The third-order valence-electron chi connectivity index (χ3n) is 2.79. The SMILES string of the molecule is CCOC(COc1ccc(C)cc1)CSc1ccsc1. The maximum Gasteiger partial charge on any atom is 0.119 e. The highest BCUT2D eigenvalue weighted by Crippen LogP contribution is 2.22. The van der Waals surface area contributed by atoms with Gasteiger partial charge in [0.25, 0.3) is 0 Å². The maximum absolute atomic E-state index is 5.81. The number of rotatable bonds is 8. The standard InChI is InChI=1S/C16H20O2S2/c1-3-17-15(11-20-16-8-9-19-12-16)10-18-14-6-4-13(2)5-7-14/h4-9,12,15H,3,10-11H2,1-2H3. The Morgan fingerprint density at radius 1 is 1.20 bits per heavy atom. The number of aryl methyl sites for hydroxylation is 1. The van der Waals surface area contributed by atoms with Crippen LogP contribution in [0.2, 0.25) is 0 Å². The second kappa shape index (κ2) is 8.35. The Kier molecular flexibility index (Phi) is 6.43. The van der Waals surface area contributed by atoms with Crippen LogP contribution in [0.25, 0.3) is 0 Å². The van der Waals surface area contributed by atoms with Crippen molar-refractivity contribution in [3.63, 3.8) is 0 Å². The van der Waals surface area contributed by atoms with Crippen LogP contribution >= 0.6 is 23.1 Å². The van der Waals surface area contributed by atoms with E-state index in [1.54, 1.807) is 11.3 Å². The second-order valence-corrected chi connectivity index (χ2v) is 6.34. The second-order valence-electron chi connectivity index (χ2n) is 4.47. The van der Waals surface area contributed by atoms with E-state index in [1.807, 2.05) is 30.8 Å². The minimum absolute atomic E-state index is 0.117. The summed E-state index contributed by atoms with van der Waals surface area (Å²) < 4.78 is 11.6.